The van der Waals surface area contributed by atoms with E-state index in [9.17, 15) is 27.2 Å². The molecular formula is C12H19F4N3O2. The van der Waals surface area contributed by atoms with E-state index in [-0.39, 0.29) is 31.6 Å². The van der Waals surface area contributed by atoms with E-state index in [1.807, 2.05) is 0 Å². The number of amides is 2. The second-order valence-corrected chi connectivity index (χ2v) is 5.43. The van der Waals surface area contributed by atoms with E-state index < -0.39 is 29.8 Å². The molecule has 0 aromatic carbocycles. The fourth-order valence-electron chi connectivity index (χ4n) is 2.19. The summed E-state index contributed by atoms with van der Waals surface area (Å²) in [6.45, 7) is 1.60. The van der Waals surface area contributed by atoms with Gasteiger partial charge in [-0.2, -0.15) is 0 Å². The average molecular weight is 313 g/mol. The van der Waals surface area contributed by atoms with Gasteiger partial charge in [-0.05, 0) is 12.8 Å². The number of carbonyl (C=O) groups excluding carboxylic acids is 2. The summed E-state index contributed by atoms with van der Waals surface area (Å²) >= 11 is 0. The molecule has 2 aliphatic rings. The van der Waals surface area contributed by atoms with Gasteiger partial charge in [0.2, 0.25) is 11.8 Å². The molecule has 2 unspecified atom stereocenters. The highest BCUT2D eigenvalue weighted by Crippen LogP contribution is 2.29. The van der Waals surface area contributed by atoms with Crippen LogP contribution in [0.3, 0.4) is 0 Å². The number of rotatable bonds is 2. The summed E-state index contributed by atoms with van der Waals surface area (Å²) in [7, 11) is 0. The number of nitrogens with zero attached hydrogens (tertiary/aromatic N) is 1. The maximum absolute atomic E-state index is 12.6. The molecule has 3 N–H and O–H groups in total. The molecule has 2 heterocycles. The molecule has 0 spiro atoms. The highest BCUT2D eigenvalue weighted by Gasteiger charge is 2.43. The van der Waals surface area contributed by atoms with Gasteiger partial charge >= 0.3 is 0 Å². The zero-order valence-electron chi connectivity index (χ0n) is 11.8. The Balaban J connectivity index is 0.000000211. The van der Waals surface area contributed by atoms with Crippen molar-refractivity contribution in [2.75, 3.05) is 0 Å². The van der Waals surface area contributed by atoms with Gasteiger partial charge in [0.25, 0.3) is 11.8 Å². The molecule has 0 aromatic rings. The fraction of sp³-hybridized carbons (Fsp3) is 0.833. The van der Waals surface area contributed by atoms with Crippen LogP contribution in [-0.2, 0) is 9.59 Å². The molecule has 2 rings (SSSR count). The van der Waals surface area contributed by atoms with Crippen molar-refractivity contribution in [3.8, 4) is 0 Å². The van der Waals surface area contributed by atoms with Crippen molar-refractivity contribution in [1.29, 1.82) is 0 Å². The van der Waals surface area contributed by atoms with Gasteiger partial charge in [0.15, 0.2) is 0 Å². The lowest BCUT2D eigenvalue weighted by atomic mass is 10.1. The maximum Gasteiger partial charge on any atom is 0.266 e. The van der Waals surface area contributed by atoms with Crippen molar-refractivity contribution in [3.63, 3.8) is 0 Å². The van der Waals surface area contributed by atoms with Crippen LogP contribution in [0.5, 0.6) is 0 Å². The monoisotopic (exact) mass is 313 g/mol. The van der Waals surface area contributed by atoms with Gasteiger partial charge in [0.1, 0.15) is 6.04 Å². The largest absolute Gasteiger partial charge is 0.347 e. The Bertz CT molecular complexity index is 406. The highest BCUT2D eigenvalue weighted by atomic mass is 19.3. The van der Waals surface area contributed by atoms with Crippen LogP contribution < -0.4 is 11.2 Å². The van der Waals surface area contributed by atoms with Crippen molar-refractivity contribution in [2.45, 2.75) is 63.5 Å². The molecule has 5 nitrogen and oxygen atoms in total. The Morgan fingerprint density at radius 1 is 1.10 bits per heavy atom. The predicted molar refractivity (Wildman–Crippen MR) is 66.5 cm³/mol. The zero-order chi connectivity index (χ0) is 16.4. The first-order valence-corrected chi connectivity index (χ1v) is 6.54. The van der Waals surface area contributed by atoms with Gasteiger partial charge in [-0.15, -0.1) is 0 Å². The van der Waals surface area contributed by atoms with E-state index in [1.54, 1.807) is 0 Å². The quantitative estimate of drug-likeness (QED) is 0.460. The minimum atomic E-state index is -2.89. The van der Waals surface area contributed by atoms with Crippen LogP contribution in [0.15, 0.2) is 0 Å². The molecule has 0 aromatic heterocycles. The van der Waals surface area contributed by atoms with E-state index in [1.165, 1.54) is 0 Å². The molecule has 0 saturated carbocycles. The summed E-state index contributed by atoms with van der Waals surface area (Å²) in [6, 6.07) is -2.06. The van der Waals surface area contributed by atoms with Crippen LogP contribution >= 0.6 is 0 Å². The van der Waals surface area contributed by atoms with Crippen LogP contribution in [0.25, 0.3) is 0 Å². The molecule has 0 radical (unpaired) electrons. The first kappa shape index (κ1) is 17.7. The molecular weight excluding hydrogens is 294 g/mol. The third-order valence-electron chi connectivity index (χ3n) is 3.45. The first-order chi connectivity index (χ1) is 9.43. The molecule has 2 aliphatic heterocycles. The van der Waals surface area contributed by atoms with Crippen molar-refractivity contribution in [2.24, 2.45) is 5.84 Å². The van der Waals surface area contributed by atoms with Crippen LogP contribution in [0.2, 0.25) is 0 Å². The lowest BCUT2D eigenvalue weighted by molar-refractivity contribution is -0.135. The number of hydrogen-bond donors (Lipinski definition) is 2. The summed E-state index contributed by atoms with van der Waals surface area (Å²) in [5.74, 6) is -1.22. The number of hydrazine groups is 1. The van der Waals surface area contributed by atoms with E-state index in [4.69, 9.17) is 5.84 Å². The van der Waals surface area contributed by atoms with E-state index >= 15 is 0 Å². The van der Waals surface area contributed by atoms with E-state index in [2.05, 4.69) is 5.32 Å². The van der Waals surface area contributed by atoms with Crippen LogP contribution in [0.4, 0.5) is 17.6 Å². The lowest BCUT2D eigenvalue weighted by Crippen LogP contribution is -2.47. The number of carbonyl (C=O) groups is 2. The molecule has 2 atom stereocenters. The second-order valence-electron chi connectivity index (χ2n) is 5.43. The summed E-state index contributed by atoms with van der Waals surface area (Å²) in [6.07, 6.45) is 0.764. The normalized spacial score (nSPS) is 26.5. The van der Waals surface area contributed by atoms with Gasteiger partial charge in [0.05, 0.1) is 6.04 Å². The van der Waals surface area contributed by atoms with Gasteiger partial charge < -0.3 is 5.32 Å². The molecule has 0 bridgehead atoms. The van der Waals surface area contributed by atoms with Gasteiger partial charge in [0, 0.05) is 26.7 Å². The molecule has 9 heteroatoms. The van der Waals surface area contributed by atoms with Crippen LogP contribution in [0.1, 0.15) is 39.5 Å². The summed E-state index contributed by atoms with van der Waals surface area (Å²) in [5, 5.41) is 2.84. The molecule has 21 heavy (non-hydrogen) atoms. The maximum atomic E-state index is 12.6. The van der Waals surface area contributed by atoms with Crippen LogP contribution in [0, 0.1) is 0 Å². The molecule has 2 saturated heterocycles. The van der Waals surface area contributed by atoms with Crippen molar-refractivity contribution < 1.29 is 27.2 Å². The number of halogens is 4. The van der Waals surface area contributed by atoms with E-state index in [0.29, 0.717) is 5.01 Å². The lowest BCUT2D eigenvalue weighted by Gasteiger charge is -2.24. The summed E-state index contributed by atoms with van der Waals surface area (Å²) in [4.78, 5) is 21.2. The third kappa shape index (κ3) is 4.83. The average Bonchev–Trinajstić information content (AvgIpc) is 2.86. The second kappa shape index (κ2) is 6.17. The van der Waals surface area contributed by atoms with Crippen LogP contribution in [-0.4, -0.2) is 40.8 Å². The summed E-state index contributed by atoms with van der Waals surface area (Å²) in [5.41, 5.74) is 0. The fourth-order valence-corrected chi connectivity index (χ4v) is 2.19. The molecule has 2 amide bonds. The van der Waals surface area contributed by atoms with Crippen molar-refractivity contribution in [3.05, 3.63) is 0 Å². The van der Waals surface area contributed by atoms with Gasteiger partial charge in [-0.3, -0.25) is 14.6 Å². The van der Waals surface area contributed by atoms with Crippen molar-refractivity contribution in [1.82, 2.24) is 10.3 Å². The molecule has 0 aliphatic carbocycles. The Morgan fingerprint density at radius 3 is 1.86 bits per heavy atom. The Kier molecular flexibility index (Phi) is 5.19. The zero-order valence-corrected chi connectivity index (χ0v) is 11.8. The highest BCUT2D eigenvalue weighted by molar-refractivity contribution is 5.78. The number of nitrogens with two attached hydrogens (primary N) is 1. The standard InChI is InChI=1S/C6H10F2N2O.C6H9F2NO/c1-6(7,8)4-2-3-5(11)10(4)9;1-6(7,8)4-2-3-5(10)9-4/h4H,2-3,9H2,1H3;4H,2-3H2,1H3,(H,9,10). The van der Waals surface area contributed by atoms with Gasteiger partial charge in [-0.1, -0.05) is 0 Å². The predicted octanol–water partition coefficient (Wildman–Crippen LogP) is 1.43. The Morgan fingerprint density at radius 2 is 1.67 bits per heavy atom. The SMILES string of the molecule is CC(F)(F)C1CCC(=O)N1.CC(F)(F)C1CCC(=O)N1N. The first-order valence-electron chi connectivity index (χ1n) is 6.54. The van der Waals surface area contributed by atoms with E-state index in [0.717, 1.165) is 13.8 Å². The number of alkyl halides is 4. The Labute approximate surface area is 119 Å². The number of nitrogens with one attached hydrogen (secondary N) is 1. The Hall–Kier alpha value is -1.38. The smallest absolute Gasteiger partial charge is 0.266 e. The third-order valence-corrected chi connectivity index (χ3v) is 3.45. The van der Waals surface area contributed by atoms with Crippen molar-refractivity contribution >= 4 is 11.8 Å². The van der Waals surface area contributed by atoms with Gasteiger partial charge in [-0.25, -0.2) is 23.4 Å². The molecule has 122 valence electrons. The number of hydrogen-bond acceptors (Lipinski definition) is 3. The summed E-state index contributed by atoms with van der Waals surface area (Å²) < 4.78 is 49.9. The molecule has 2 fully saturated rings. The topological polar surface area (TPSA) is 75.4 Å². The minimum absolute atomic E-state index is 0.130. The minimum Gasteiger partial charge on any atom is -0.347 e.